The number of hydrogen-bond donors (Lipinski definition) is 0. The van der Waals surface area contributed by atoms with Crippen molar-refractivity contribution in [2.75, 3.05) is 13.2 Å². The van der Waals surface area contributed by atoms with E-state index < -0.39 is 0 Å². The summed E-state index contributed by atoms with van der Waals surface area (Å²) in [6, 6.07) is 12.6. The van der Waals surface area contributed by atoms with Crippen molar-refractivity contribution in [3.63, 3.8) is 0 Å². The molecule has 5 nitrogen and oxygen atoms in total. The fourth-order valence-corrected chi connectivity index (χ4v) is 5.78. The quantitative estimate of drug-likeness (QED) is 0.769. The van der Waals surface area contributed by atoms with E-state index in [9.17, 15) is 4.79 Å². The number of benzene rings is 1. The van der Waals surface area contributed by atoms with Gasteiger partial charge in [0.2, 0.25) is 0 Å². The number of carbonyl (C=O) groups excluding carboxylic acids is 1. The summed E-state index contributed by atoms with van der Waals surface area (Å²) in [7, 11) is 0. The standard InChI is InChI=1S/C23H25N3O2/c1-14-11-19(15(2)26(14)17-5-3-16(12-24)4-6-17)22(27)13-25-20-7-8-21(25)23-18(20)9-10-28-23/h3-6,11,18,20-21,23H,7-10,13H2,1-2H3/t18-,20?,21?,23-/m1/s1. The SMILES string of the molecule is Cc1cc(C(=O)CN2C3CCC2[C@@H]2OCC[C@H]32)c(C)n1-c1ccc(C#N)cc1. The smallest absolute Gasteiger partial charge is 0.178 e. The summed E-state index contributed by atoms with van der Waals surface area (Å²) in [6.45, 7) is 5.41. The monoisotopic (exact) mass is 375 g/mol. The molecule has 2 aromatic rings. The highest BCUT2D eigenvalue weighted by Crippen LogP contribution is 2.47. The Morgan fingerprint density at radius 2 is 1.93 bits per heavy atom. The van der Waals surface area contributed by atoms with Crippen LogP contribution in [0.4, 0.5) is 0 Å². The molecule has 0 spiro atoms. The van der Waals surface area contributed by atoms with Crippen LogP contribution in [0.5, 0.6) is 0 Å². The average Bonchev–Trinajstić information content (AvgIpc) is 3.44. The predicted octanol–water partition coefficient (Wildman–Crippen LogP) is 3.40. The van der Waals surface area contributed by atoms with Crippen LogP contribution in [0.3, 0.4) is 0 Å². The fourth-order valence-electron chi connectivity index (χ4n) is 5.78. The molecule has 2 unspecified atom stereocenters. The number of nitriles is 1. The molecule has 5 rings (SSSR count). The Morgan fingerprint density at radius 3 is 2.64 bits per heavy atom. The van der Waals surface area contributed by atoms with Crippen molar-refractivity contribution < 1.29 is 9.53 Å². The Bertz CT molecular complexity index is 951. The molecule has 1 aromatic heterocycles. The van der Waals surface area contributed by atoms with Crippen LogP contribution in [0.25, 0.3) is 5.69 Å². The fraction of sp³-hybridized carbons (Fsp3) is 0.478. The molecule has 2 bridgehead atoms. The molecule has 4 heterocycles. The maximum absolute atomic E-state index is 13.2. The highest BCUT2D eigenvalue weighted by Gasteiger charge is 2.55. The first kappa shape index (κ1) is 17.7. The molecule has 0 amide bonds. The van der Waals surface area contributed by atoms with Gasteiger partial charge in [0.1, 0.15) is 0 Å². The van der Waals surface area contributed by atoms with Gasteiger partial charge in [0.15, 0.2) is 5.78 Å². The molecule has 0 saturated carbocycles. The van der Waals surface area contributed by atoms with Crippen LogP contribution in [0.2, 0.25) is 0 Å². The second kappa shape index (κ2) is 6.58. The summed E-state index contributed by atoms with van der Waals surface area (Å²) < 4.78 is 8.07. The molecule has 0 N–H and O–H groups in total. The Morgan fingerprint density at radius 1 is 1.18 bits per heavy atom. The summed E-state index contributed by atoms with van der Waals surface area (Å²) in [5.41, 5.74) is 4.43. The molecule has 0 radical (unpaired) electrons. The van der Waals surface area contributed by atoms with E-state index in [2.05, 4.69) is 15.5 Å². The van der Waals surface area contributed by atoms with Crippen LogP contribution in [-0.2, 0) is 4.74 Å². The second-order valence-electron chi connectivity index (χ2n) is 8.37. The van der Waals surface area contributed by atoms with Crippen molar-refractivity contribution in [2.45, 2.75) is 51.3 Å². The highest BCUT2D eigenvalue weighted by molar-refractivity contribution is 5.99. The molecule has 28 heavy (non-hydrogen) atoms. The van der Waals surface area contributed by atoms with Crippen molar-refractivity contribution in [3.8, 4) is 11.8 Å². The van der Waals surface area contributed by atoms with Crippen LogP contribution in [0.15, 0.2) is 30.3 Å². The number of ketones is 1. The molecule has 3 aliphatic rings. The minimum atomic E-state index is 0.199. The number of aromatic nitrogens is 1. The van der Waals surface area contributed by atoms with Crippen molar-refractivity contribution in [3.05, 3.63) is 52.8 Å². The Labute approximate surface area is 165 Å². The lowest BCUT2D eigenvalue weighted by atomic mass is 9.86. The van der Waals surface area contributed by atoms with Crippen LogP contribution in [0.1, 0.15) is 46.6 Å². The number of aryl methyl sites for hydroxylation is 1. The lowest BCUT2D eigenvalue weighted by Crippen LogP contribution is -2.37. The van der Waals surface area contributed by atoms with Gasteiger partial charge in [0.25, 0.3) is 0 Å². The van der Waals surface area contributed by atoms with Gasteiger partial charge in [-0.1, -0.05) is 0 Å². The lowest BCUT2D eigenvalue weighted by Gasteiger charge is -2.23. The first-order valence-electron chi connectivity index (χ1n) is 10.2. The zero-order valence-electron chi connectivity index (χ0n) is 16.4. The van der Waals surface area contributed by atoms with Crippen molar-refractivity contribution in [1.29, 1.82) is 5.26 Å². The number of nitrogens with zero attached hydrogens (tertiary/aromatic N) is 3. The number of carbonyl (C=O) groups is 1. The molecule has 5 heteroatoms. The van der Waals surface area contributed by atoms with Crippen LogP contribution in [0, 0.1) is 31.1 Å². The Hall–Kier alpha value is -2.42. The van der Waals surface area contributed by atoms with E-state index in [1.165, 1.54) is 6.42 Å². The summed E-state index contributed by atoms with van der Waals surface area (Å²) in [4.78, 5) is 15.6. The number of rotatable bonds is 4. The van der Waals surface area contributed by atoms with E-state index in [-0.39, 0.29) is 5.78 Å². The van der Waals surface area contributed by atoms with Crippen LogP contribution >= 0.6 is 0 Å². The first-order valence-corrected chi connectivity index (χ1v) is 10.2. The molecule has 3 aliphatic heterocycles. The van der Waals surface area contributed by atoms with Gasteiger partial charge in [-0.2, -0.15) is 5.26 Å². The predicted molar refractivity (Wildman–Crippen MR) is 106 cm³/mol. The van der Waals surface area contributed by atoms with Gasteiger partial charge in [0, 0.05) is 47.2 Å². The molecule has 3 fully saturated rings. The maximum Gasteiger partial charge on any atom is 0.178 e. The van der Waals surface area contributed by atoms with Gasteiger partial charge in [-0.3, -0.25) is 9.69 Å². The first-order chi connectivity index (χ1) is 13.6. The molecule has 3 saturated heterocycles. The topological polar surface area (TPSA) is 58.3 Å². The van der Waals surface area contributed by atoms with Crippen LogP contribution < -0.4 is 0 Å². The van der Waals surface area contributed by atoms with E-state index in [4.69, 9.17) is 10.00 Å². The van der Waals surface area contributed by atoms with E-state index >= 15 is 0 Å². The number of ether oxygens (including phenoxy) is 1. The molecule has 1 aromatic carbocycles. The number of fused-ring (bicyclic) bond motifs is 5. The van der Waals surface area contributed by atoms with Gasteiger partial charge in [-0.25, -0.2) is 0 Å². The number of Topliss-reactive ketones (excluding diaryl/α,β-unsaturated/α-hetero) is 1. The normalized spacial score (nSPS) is 28.5. The third-order valence-electron chi connectivity index (χ3n) is 6.98. The van der Waals surface area contributed by atoms with Gasteiger partial charge >= 0.3 is 0 Å². The summed E-state index contributed by atoms with van der Waals surface area (Å²) in [5, 5.41) is 9.01. The average molecular weight is 375 g/mol. The summed E-state index contributed by atoms with van der Waals surface area (Å²) in [5.74, 6) is 0.822. The zero-order valence-corrected chi connectivity index (χ0v) is 16.4. The lowest BCUT2D eigenvalue weighted by molar-refractivity contribution is 0.0593. The zero-order chi connectivity index (χ0) is 19.4. The largest absolute Gasteiger partial charge is 0.376 e. The van der Waals surface area contributed by atoms with Crippen molar-refractivity contribution in [2.24, 2.45) is 5.92 Å². The maximum atomic E-state index is 13.2. The molecule has 144 valence electrons. The van der Waals surface area contributed by atoms with Gasteiger partial charge in [0.05, 0.1) is 24.3 Å². The van der Waals surface area contributed by atoms with E-state index in [0.717, 1.165) is 42.1 Å². The van der Waals surface area contributed by atoms with Crippen molar-refractivity contribution >= 4 is 5.78 Å². The minimum absolute atomic E-state index is 0.199. The highest BCUT2D eigenvalue weighted by atomic mass is 16.5. The van der Waals surface area contributed by atoms with Crippen molar-refractivity contribution in [1.82, 2.24) is 9.47 Å². The summed E-state index contributed by atoms with van der Waals surface area (Å²) >= 11 is 0. The molecule has 4 atom stereocenters. The summed E-state index contributed by atoms with van der Waals surface area (Å²) in [6.07, 6.45) is 3.84. The van der Waals surface area contributed by atoms with E-state index in [0.29, 0.717) is 36.2 Å². The van der Waals surface area contributed by atoms with E-state index in [1.807, 2.05) is 44.2 Å². The third-order valence-corrected chi connectivity index (χ3v) is 6.98. The second-order valence-corrected chi connectivity index (χ2v) is 8.37. The molecular formula is C23H25N3O2. The van der Waals surface area contributed by atoms with Gasteiger partial charge in [-0.15, -0.1) is 0 Å². The van der Waals surface area contributed by atoms with Crippen LogP contribution in [-0.4, -0.2) is 46.6 Å². The molecule has 0 aliphatic carbocycles. The Balaban J connectivity index is 1.40. The third kappa shape index (κ3) is 2.56. The van der Waals surface area contributed by atoms with Gasteiger partial charge in [-0.05, 0) is 63.4 Å². The van der Waals surface area contributed by atoms with Gasteiger partial charge < -0.3 is 9.30 Å². The number of hydrogen-bond acceptors (Lipinski definition) is 4. The Kier molecular flexibility index (Phi) is 4.15. The molecular weight excluding hydrogens is 350 g/mol. The minimum Gasteiger partial charge on any atom is -0.376 e. The van der Waals surface area contributed by atoms with E-state index in [1.54, 1.807) is 0 Å².